The highest BCUT2D eigenvalue weighted by Crippen LogP contribution is 2.27. The van der Waals surface area contributed by atoms with Crippen molar-refractivity contribution in [1.82, 2.24) is 5.32 Å². The van der Waals surface area contributed by atoms with Crippen LogP contribution in [0.3, 0.4) is 0 Å². The first-order valence-corrected chi connectivity index (χ1v) is 5.98. The molecular weight excluding hydrogens is 198 g/mol. The molecule has 1 N–H and O–H groups in total. The average Bonchev–Trinajstić information content (AvgIpc) is 3.06. The van der Waals surface area contributed by atoms with E-state index >= 15 is 0 Å². The molecule has 2 heteroatoms. The summed E-state index contributed by atoms with van der Waals surface area (Å²) in [5.74, 6) is 1.02. The van der Waals surface area contributed by atoms with E-state index in [2.05, 4.69) is 12.2 Å². The molecule has 0 bridgehead atoms. The second-order valence-electron chi connectivity index (χ2n) is 4.80. The summed E-state index contributed by atoms with van der Waals surface area (Å²) in [6.45, 7) is 5.58. The summed E-state index contributed by atoms with van der Waals surface area (Å²) in [5.41, 5.74) is 3.25. The van der Waals surface area contributed by atoms with E-state index in [0.717, 1.165) is 18.0 Å². The topological polar surface area (TPSA) is 29.1 Å². The van der Waals surface area contributed by atoms with Gasteiger partial charge >= 0.3 is 0 Å². The number of ketones is 1. The van der Waals surface area contributed by atoms with Gasteiger partial charge in [-0.15, -0.1) is 0 Å². The van der Waals surface area contributed by atoms with Crippen LogP contribution in [0.1, 0.15) is 34.3 Å². The van der Waals surface area contributed by atoms with Gasteiger partial charge in [-0.25, -0.2) is 0 Å². The van der Waals surface area contributed by atoms with E-state index in [0.29, 0.717) is 6.54 Å². The molecule has 1 aromatic rings. The summed E-state index contributed by atoms with van der Waals surface area (Å²) >= 11 is 0. The van der Waals surface area contributed by atoms with Gasteiger partial charge in [-0.05, 0) is 56.3 Å². The molecule has 0 atom stereocenters. The van der Waals surface area contributed by atoms with Crippen molar-refractivity contribution in [2.45, 2.75) is 26.7 Å². The number of carbonyl (C=O) groups is 1. The van der Waals surface area contributed by atoms with Crippen LogP contribution in [0.15, 0.2) is 18.2 Å². The lowest BCUT2D eigenvalue weighted by molar-refractivity contribution is 0.0991. The van der Waals surface area contributed by atoms with Crippen molar-refractivity contribution >= 4 is 5.78 Å². The molecular formula is C14H19NO. The predicted molar refractivity (Wildman–Crippen MR) is 65.8 cm³/mol. The number of Topliss-reactive ketones (excluding diaryl/α,β-unsaturated/α-hetero) is 1. The Labute approximate surface area is 97.1 Å². The molecule has 2 rings (SSSR count). The van der Waals surface area contributed by atoms with Gasteiger partial charge in [-0.1, -0.05) is 12.1 Å². The first kappa shape index (κ1) is 11.3. The molecule has 0 aromatic heterocycles. The molecule has 0 unspecified atom stereocenters. The molecule has 0 spiro atoms. The normalized spacial score (nSPS) is 15.1. The molecule has 0 aliphatic heterocycles. The van der Waals surface area contributed by atoms with Gasteiger partial charge in [0, 0.05) is 5.56 Å². The van der Waals surface area contributed by atoms with E-state index in [4.69, 9.17) is 0 Å². The Balaban J connectivity index is 1.88. The van der Waals surface area contributed by atoms with Crippen molar-refractivity contribution < 1.29 is 4.79 Å². The second-order valence-corrected chi connectivity index (χ2v) is 4.80. The average molecular weight is 217 g/mol. The highest BCUT2D eigenvalue weighted by molar-refractivity contribution is 5.97. The van der Waals surface area contributed by atoms with Crippen LogP contribution in [0.25, 0.3) is 0 Å². The van der Waals surface area contributed by atoms with E-state index in [-0.39, 0.29) is 5.78 Å². The minimum Gasteiger partial charge on any atom is -0.309 e. The lowest BCUT2D eigenvalue weighted by Gasteiger charge is -2.05. The number of hydrogen-bond acceptors (Lipinski definition) is 2. The van der Waals surface area contributed by atoms with Crippen molar-refractivity contribution in [3.63, 3.8) is 0 Å². The number of carbonyl (C=O) groups excluding carboxylic acids is 1. The third-order valence-corrected chi connectivity index (χ3v) is 3.24. The Morgan fingerprint density at radius 3 is 2.69 bits per heavy atom. The fourth-order valence-electron chi connectivity index (χ4n) is 1.73. The van der Waals surface area contributed by atoms with Crippen molar-refractivity contribution in [1.29, 1.82) is 0 Å². The van der Waals surface area contributed by atoms with Crippen LogP contribution in [-0.2, 0) is 0 Å². The lowest BCUT2D eigenvalue weighted by atomic mass is 10.0. The Kier molecular flexibility index (Phi) is 3.39. The first-order chi connectivity index (χ1) is 7.66. The Morgan fingerprint density at radius 1 is 1.31 bits per heavy atom. The summed E-state index contributed by atoms with van der Waals surface area (Å²) in [4.78, 5) is 11.8. The molecule has 1 aliphatic carbocycles. The van der Waals surface area contributed by atoms with E-state index in [1.807, 2.05) is 25.1 Å². The van der Waals surface area contributed by atoms with Gasteiger partial charge in [0.25, 0.3) is 0 Å². The van der Waals surface area contributed by atoms with E-state index in [1.54, 1.807) is 0 Å². The van der Waals surface area contributed by atoms with Crippen LogP contribution in [-0.4, -0.2) is 18.9 Å². The van der Waals surface area contributed by atoms with Crippen LogP contribution < -0.4 is 5.32 Å². The van der Waals surface area contributed by atoms with Crippen LogP contribution in [0.5, 0.6) is 0 Å². The van der Waals surface area contributed by atoms with Crippen LogP contribution >= 0.6 is 0 Å². The zero-order valence-electron chi connectivity index (χ0n) is 10.0. The fourth-order valence-corrected chi connectivity index (χ4v) is 1.73. The van der Waals surface area contributed by atoms with Gasteiger partial charge in [0.05, 0.1) is 6.54 Å². The highest BCUT2D eigenvalue weighted by Gasteiger charge is 2.20. The summed E-state index contributed by atoms with van der Waals surface area (Å²) in [6, 6.07) is 5.92. The number of aryl methyl sites for hydroxylation is 2. The number of hydrogen-bond donors (Lipinski definition) is 1. The largest absolute Gasteiger partial charge is 0.309 e. The van der Waals surface area contributed by atoms with Gasteiger partial charge < -0.3 is 5.32 Å². The van der Waals surface area contributed by atoms with Crippen molar-refractivity contribution in [2.75, 3.05) is 13.1 Å². The molecule has 1 fully saturated rings. The molecule has 0 heterocycles. The monoisotopic (exact) mass is 217 g/mol. The van der Waals surface area contributed by atoms with Gasteiger partial charge in [0.15, 0.2) is 5.78 Å². The first-order valence-electron chi connectivity index (χ1n) is 5.98. The standard InChI is InChI=1S/C14H19NO/c1-10-3-6-13(7-11(10)2)14(16)9-15-8-12-4-5-12/h3,6-7,12,15H,4-5,8-9H2,1-2H3. The summed E-state index contributed by atoms with van der Waals surface area (Å²) in [6.07, 6.45) is 2.65. The van der Waals surface area contributed by atoms with Crippen molar-refractivity contribution in [3.8, 4) is 0 Å². The quantitative estimate of drug-likeness (QED) is 0.768. The predicted octanol–water partition coefficient (Wildman–Crippen LogP) is 2.49. The van der Waals surface area contributed by atoms with E-state index in [9.17, 15) is 4.79 Å². The number of benzene rings is 1. The third-order valence-electron chi connectivity index (χ3n) is 3.24. The maximum atomic E-state index is 11.8. The zero-order valence-corrected chi connectivity index (χ0v) is 10.0. The number of nitrogens with one attached hydrogen (secondary N) is 1. The van der Waals surface area contributed by atoms with Gasteiger partial charge in [-0.2, -0.15) is 0 Å². The highest BCUT2D eigenvalue weighted by atomic mass is 16.1. The van der Waals surface area contributed by atoms with Crippen LogP contribution in [0.4, 0.5) is 0 Å². The van der Waals surface area contributed by atoms with Gasteiger partial charge in [0.1, 0.15) is 0 Å². The molecule has 0 saturated heterocycles. The summed E-state index contributed by atoms with van der Waals surface area (Å²) < 4.78 is 0. The van der Waals surface area contributed by atoms with Crippen molar-refractivity contribution in [2.24, 2.45) is 5.92 Å². The second kappa shape index (κ2) is 4.79. The maximum absolute atomic E-state index is 11.8. The van der Waals surface area contributed by atoms with E-state index < -0.39 is 0 Å². The molecule has 2 nitrogen and oxygen atoms in total. The molecule has 1 saturated carbocycles. The Morgan fingerprint density at radius 2 is 2.06 bits per heavy atom. The fraction of sp³-hybridized carbons (Fsp3) is 0.500. The molecule has 0 radical (unpaired) electrons. The molecule has 86 valence electrons. The minimum atomic E-state index is 0.198. The van der Waals surface area contributed by atoms with Crippen LogP contribution in [0.2, 0.25) is 0 Å². The molecule has 1 aromatic carbocycles. The lowest BCUT2D eigenvalue weighted by Crippen LogP contribution is -2.25. The summed E-state index contributed by atoms with van der Waals surface area (Å²) in [7, 11) is 0. The minimum absolute atomic E-state index is 0.198. The van der Waals surface area contributed by atoms with Gasteiger partial charge in [0.2, 0.25) is 0 Å². The van der Waals surface area contributed by atoms with Crippen molar-refractivity contribution in [3.05, 3.63) is 34.9 Å². The maximum Gasteiger partial charge on any atom is 0.176 e. The Bertz CT molecular complexity index is 394. The van der Waals surface area contributed by atoms with E-state index in [1.165, 1.54) is 24.0 Å². The van der Waals surface area contributed by atoms with Gasteiger partial charge in [-0.3, -0.25) is 4.79 Å². The van der Waals surface area contributed by atoms with Crippen LogP contribution in [0, 0.1) is 19.8 Å². The summed E-state index contributed by atoms with van der Waals surface area (Å²) in [5, 5.41) is 3.23. The zero-order chi connectivity index (χ0) is 11.5. The third kappa shape index (κ3) is 2.92. The molecule has 16 heavy (non-hydrogen) atoms. The smallest absolute Gasteiger partial charge is 0.176 e. The number of rotatable bonds is 5. The molecule has 1 aliphatic rings. The Hall–Kier alpha value is -1.15. The SMILES string of the molecule is Cc1ccc(C(=O)CNCC2CC2)cc1C. The molecule has 0 amide bonds.